The highest BCUT2D eigenvalue weighted by atomic mass is 16.4. The molecule has 0 aliphatic carbocycles. The molecule has 5 heteroatoms. The van der Waals surface area contributed by atoms with Gasteiger partial charge in [-0.25, -0.2) is 0 Å². The zero-order valence-electron chi connectivity index (χ0n) is 15.3. The number of nitrogens with zero attached hydrogens (tertiary/aromatic N) is 2. The molecule has 2 aliphatic rings. The first-order valence-electron chi connectivity index (χ1n) is 9.45. The van der Waals surface area contributed by atoms with E-state index >= 15 is 0 Å². The fourth-order valence-electron chi connectivity index (χ4n) is 4.43. The number of fused-ring (bicyclic) bond motifs is 1. The average Bonchev–Trinajstić information content (AvgIpc) is 3.02. The third-order valence-electron chi connectivity index (χ3n) is 5.91. The number of carboxylic acid groups (broad SMARTS) is 1. The fraction of sp³-hybridized carbons (Fsp3) is 0.364. The molecule has 1 N–H and O–H groups in total. The van der Waals surface area contributed by atoms with E-state index in [1.165, 1.54) is 5.56 Å². The van der Waals surface area contributed by atoms with E-state index in [9.17, 15) is 14.7 Å². The summed E-state index contributed by atoms with van der Waals surface area (Å²) in [5, 5.41) is 9.54. The van der Waals surface area contributed by atoms with Crippen LogP contribution in [0.4, 0.5) is 0 Å². The summed E-state index contributed by atoms with van der Waals surface area (Å²) in [5.74, 6) is -0.862. The van der Waals surface area contributed by atoms with Gasteiger partial charge in [-0.15, -0.1) is 0 Å². The maximum atomic E-state index is 13.0. The number of hydrogen-bond acceptors (Lipinski definition) is 3. The quantitative estimate of drug-likeness (QED) is 0.885. The van der Waals surface area contributed by atoms with E-state index in [-0.39, 0.29) is 12.3 Å². The van der Waals surface area contributed by atoms with Gasteiger partial charge in [-0.05, 0) is 30.0 Å². The number of hydrogen-bond donors (Lipinski definition) is 1. The summed E-state index contributed by atoms with van der Waals surface area (Å²) >= 11 is 0. The van der Waals surface area contributed by atoms with E-state index in [4.69, 9.17) is 0 Å². The van der Waals surface area contributed by atoms with Gasteiger partial charge in [0, 0.05) is 31.7 Å². The predicted molar refractivity (Wildman–Crippen MR) is 102 cm³/mol. The zero-order valence-corrected chi connectivity index (χ0v) is 15.3. The second-order valence-electron chi connectivity index (χ2n) is 7.61. The Kier molecular flexibility index (Phi) is 4.70. The fourth-order valence-corrected chi connectivity index (χ4v) is 4.43. The molecule has 4 rings (SSSR count). The van der Waals surface area contributed by atoms with Crippen molar-refractivity contribution in [2.45, 2.75) is 37.9 Å². The standard InChI is InChI=1S/C22H24N2O3/c25-20(26)14-22(24-16-18-8-4-5-9-19(18)21(24)27)10-12-23(13-11-22)15-17-6-2-1-3-7-17/h1-9H,10-16H2,(H,25,26). The summed E-state index contributed by atoms with van der Waals surface area (Å²) in [5.41, 5.74) is 2.37. The lowest BCUT2D eigenvalue weighted by atomic mass is 9.82. The molecule has 1 fully saturated rings. The topological polar surface area (TPSA) is 60.9 Å². The lowest BCUT2D eigenvalue weighted by molar-refractivity contribution is -0.141. The first-order chi connectivity index (χ1) is 13.1. The number of carbonyl (C=O) groups excluding carboxylic acids is 1. The molecule has 5 nitrogen and oxygen atoms in total. The number of aliphatic carboxylic acids is 1. The zero-order chi connectivity index (χ0) is 18.9. The molecule has 140 valence electrons. The molecular weight excluding hydrogens is 340 g/mol. The van der Waals surface area contributed by atoms with Gasteiger partial charge in [0.2, 0.25) is 0 Å². The lowest BCUT2D eigenvalue weighted by Gasteiger charge is -2.46. The van der Waals surface area contributed by atoms with Crippen LogP contribution in [0.2, 0.25) is 0 Å². The third-order valence-corrected chi connectivity index (χ3v) is 5.91. The molecule has 0 radical (unpaired) electrons. The summed E-state index contributed by atoms with van der Waals surface area (Å²) in [6.45, 7) is 2.96. The second-order valence-corrected chi connectivity index (χ2v) is 7.61. The van der Waals surface area contributed by atoms with Crippen molar-refractivity contribution >= 4 is 11.9 Å². The van der Waals surface area contributed by atoms with Gasteiger partial charge in [-0.2, -0.15) is 0 Å². The van der Waals surface area contributed by atoms with E-state index < -0.39 is 11.5 Å². The maximum absolute atomic E-state index is 13.0. The minimum atomic E-state index is -0.838. The number of likely N-dealkylation sites (tertiary alicyclic amines) is 1. The van der Waals surface area contributed by atoms with Crippen molar-refractivity contribution in [3.05, 3.63) is 71.3 Å². The predicted octanol–water partition coefficient (Wildman–Crippen LogP) is 3.15. The first-order valence-corrected chi connectivity index (χ1v) is 9.45. The van der Waals surface area contributed by atoms with Crippen LogP contribution in [0.25, 0.3) is 0 Å². The minimum Gasteiger partial charge on any atom is -0.481 e. The normalized spacial score (nSPS) is 19.1. The second kappa shape index (κ2) is 7.16. The van der Waals surface area contributed by atoms with Gasteiger partial charge in [-0.3, -0.25) is 14.5 Å². The van der Waals surface area contributed by atoms with Crippen LogP contribution in [0.1, 0.15) is 40.7 Å². The SMILES string of the molecule is O=C(O)CC1(N2Cc3ccccc3C2=O)CCN(Cc2ccccc2)CC1. The maximum Gasteiger partial charge on any atom is 0.305 e. The molecule has 0 atom stereocenters. The molecule has 0 saturated carbocycles. The monoisotopic (exact) mass is 364 g/mol. The van der Waals surface area contributed by atoms with Crippen LogP contribution < -0.4 is 0 Å². The summed E-state index contributed by atoms with van der Waals surface area (Å²) in [6, 6.07) is 17.9. The molecule has 2 aromatic rings. The Bertz CT molecular complexity index is 842. The molecule has 1 saturated heterocycles. The van der Waals surface area contributed by atoms with Gasteiger partial charge in [-0.1, -0.05) is 48.5 Å². The van der Waals surface area contributed by atoms with Crippen LogP contribution in [0.3, 0.4) is 0 Å². The van der Waals surface area contributed by atoms with Gasteiger partial charge in [0.25, 0.3) is 5.91 Å². The molecule has 0 bridgehead atoms. The number of amides is 1. The minimum absolute atomic E-state index is 0.00586. The Balaban J connectivity index is 1.52. The van der Waals surface area contributed by atoms with Gasteiger partial charge in [0.15, 0.2) is 0 Å². The Morgan fingerprint density at radius 3 is 2.33 bits per heavy atom. The van der Waals surface area contributed by atoms with E-state index in [2.05, 4.69) is 17.0 Å². The van der Waals surface area contributed by atoms with Crippen LogP contribution in [0.5, 0.6) is 0 Å². The van der Waals surface area contributed by atoms with Gasteiger partial charge in [0.05, 0.1) is 12.0 Å². The van der Waals surface area contributed by atoms with E-state index in [0.717, 1.165) is 25.2 Å². The number of rotatable bonds is 5. The van der Waals surface area contributed by atoms with Crippen LogP contribution in [-0.2, 0) is 17.9 Å². The number of benzene rings is 2. The Morgan fingerprint density at radius 1 is 1.00 bits per heavy atom. The molecule has 0 spiro atoms. The number of piperidine rings is 1. The van der Waals surface area contributed by atoms with E-state index in [1.54, 1.807) is 0 Å². The van der Waals surface area contributed by atoms with Crippen molar-refractivity contribution in [1.82, 2.24) is 9.80 Å². The highest BCUT2D eigenvalue weighted by Gasteiger charge is 2.46. The average molecular weight is 364 g/mol. The van der Waals surface area contributed by atoms with Crippen LogP contribution >= 0.6 is 0 Å². The van der Waals surface area contributed by atoms with Crippen LogP contribution in [0.15, 0.2) is 54.6 Å². The molecule has 0 unspecified atom stereocenters. The van der Waals surface area contributed by atoms with Crippen molar-refractivity contribution < 1.29 is 14.7 Å². The summed E-state index contributed by atoms with van der Waals surface area (Å²) in [6.07, 6.45) is 1.38. The smallest absolute Gasteiger partial charge is 0.305 e. The van der Waals surface area contributed by atoms with Crippen molar-refractivity contribution in [1.29, 1.82) is 0 Å². The van der Waals surface area contributed by atoms with Gasteiger partial charge in [0.1, 0.15) is 0 Å². The van der Waals surface area contributed by atoms with Crippen molar-refractivity contribution in [3.63, 3.8) is 0 Å². The van der Waals surface area contributed by atoms with E-state index in [0.29, 0.717) is 24.9 Å². The van der Waals surface area contributed by atoms with Crippen LogP contribution in [-0.4, -0.2) is 45.4 Å². The molecule has 27 heavy (non-hydrogen) atoms. The van der Waals surface area contributed by atoms with Gasteiger partial charge < -0.3 is 10.0 Å². The van der Waals surface area contributed by atoms with Gasteiger partial charge >= 0.3 is 5.97 Å². The molecule has 1 amide bonds. The Morgan fingerprint density at radius 2 is 1.67 bits per heavy atom. The van der Waals surface area contributed by atoms with E-state index in [1.807, 2.05) is 47.4 Å². The highest BCUT2D eigenvalue weighted by molar-refractivity contribution is 5.99. The Hall–Kier alpha value is -2.66. The lowest BCUT2D eigenvalue weighted by Crippen LogP contribution is -2.56. The van der Waals surface area contributed by atoms with Crippen LogP contribution in [0, 0.1) is 0 Å². The Labute approximate surface area is 159 Å². The molecule has 0 aromatic heterocycles. The summed E-state index contributed by atoms with van der Waals surface area (Å²) in [7, 11) is 0. The molecule has 2 aliphatic heterocycles. The largest absolute Gasteiger partial charge is 0.481 e. The van der Waals surface area contributed by atoms with Crippen molar-refractivity contribution in [2.24, 2.45) is 0 Å². The summed E-state index contributed by atoms with van der Waals surface area (Å²) in [4.78, 5) is 28.8. The first kappa shape index (κ1) is 17.7. The third kappa shape index (κ3) is 3.47. The number of carbonyl (C=O) groups is 2. The number of carboxylic acids is 1. The van der Waals surface area contributed by atoms with Crippen molar-refractivity contribution in [2.75, 3.05) is 13.1 Å². The van der Waals surface area contributed by atoms with Crippen molar-refractivity contribution in [3.8, 4) is 0 Å². The molecular formula is C22H24N2O3. The highest BCUT2D eigenvalue weighted by Crippen LogP contribution is 2.38. The summed E-state index contributed by atoms with van der Waals surface area (Å²) < 4.78 is 0. The molecule has 2 aromatic carbocycles. The molecule has 2 heterocycles.